The average Bonchev–Trinajstić information content (AvgIpc) is 3.04. The van der Waals surface area contributed by atoms with Crippen LogP contribution in [0.5, 0.6) is 0 Å². The summed E-state index contributed by atoms with van der Waals surface area (Å²) >= 11 is 0. The van der Waals surface area contributed by atoms with Gasteiger partial charge in [-0.05, 0) is 42.2 Å². The summed E-state index contributed by atoms with van der Waals surface area (Å²) in [5.74, 6) is 0.704. The number of likely N-dealkylation sites (tertiary alicyclic amines) is 1. The summed E-state index contributed by atoms with van der Waals surface area (Å²) in [5.41, 5.74) is 0. The van der Waals surface area contributed by atoms with Crippen molar-refractivity contribution in [1.82, 2.24) is 25.1 Å². The summed E-state index contributed by atoms with van der Waals surface area (Å²) in [5, 5.41) is 20.6. The van der Waals surface area contributed by atoms with Gasteiger partial charge in [0.2, 0.25) is 0 Å². The van der Waals surface area contributed by atoms with Crippen molar-refractivity contribution in [3.63, 3.8) is 0 Å². The molecule has 20 heavy (non-hydrogen) atoms. The molecule has 0 aromatic carbocycles. The van der Waals surface area contributed by atoms with Gasteiger partial charge in [-0.2, -0.15) is 0 Å². The van der Waals surface area contributed by atoms with Crippen molar-refractivity contribution in [3.05, 3.63) is 5.82 Å². The number of tetrazole rings is 1. The van der Waals surface area contributed by atoms with E-state index in [9.17, 15) is 4.79 Å². The van der Waals surface area contributed by atoms with Crippen LogP contribution in [-0.2, 0) is 17.9 Å². The van der Waals surface area contributed by atoms with Crippen molar-refractivity contribution in [2.45, 2.75) is 52.1 Å². The monoisotopic (exact) mass is 281 g/mol. The molecule has 2 heterocycles. The van der Waals surface area contributed by atoms with E-state index in [0.29, 0.717) is 5.92 Å². The molecular formula is C13H23N5O2. The van der Waals surface area contributed by atoms with E-state index in [1.807, 2.05) is 4.68 Å². The van der Waals surface area contributed by atoms with E-state index >= 15 is 0 Å². The van der Waals surface area contributed by atoms with Crippen LogP contribution in [0.15, 0.2) is 0 Å². The number of hydrogen-bond acceptors (Lipinski definition) is 5. The van der Waals surface area contributed by atoms with Gasteiger partial charge < -0.3 is 5.11 Å². The van der Waals surface area contributed by atoms with Crippen LogP contribution in [0, 0.1) is 5.92 Å². The molecule has 1 saturated heterocycles. The number of aliphatic carboxylic acids is 1. The summed E-state index contributed by atoms with van der Waals surface area (Å²) < 4.78 is 1.88. The molecule has 0 amide bonds. The average molecular weight is 281 g/mol. The lowest BCUT2D eigenvalue weighted by Gasteiger charge is -2.15. The maximum absolute atomic E-state index is 10.6. The molecular weight excluding hydrogens is 258 g/mol. The standard InChI is InChI=1S/C13H23N5O2/c1-2-3-7-18-12(14-15-16-18)10-17-8-6-11(9-17)4-5-13(19)20/h11H,2-10H2,1H3,(H,19,20). The van der Waals surface area contributed by atoms with E-state index in [1.165, 1.54) is 0 Å². The molecule has 7 heteroatoms. The maximum atomic E-state index is 10.6. The Morgan fingerprint density at radius 2 is 2.35 bits per heavy atom. The Morgan fingerprint density at radius 1 is 1.50 bits per heavy atom. The third kappa shape index (κ3) is 4.26. The van der Waals surface area contributed by atoms with Gasteiger partial charge in [0.25, 0.3) is 0 Å². The van der Waals surface area contributed by atoms with Crippen molar-refractivity contribution in [2.75, 3.05) is 13.1 Å². The molecule has 0 saturated carbocycles. The zero-order chi connectivity index (χ0) is 14.4. The second-order valence-electron chi connectivity index (χ2n) is 5.49. The Balaban J connectivity index is 1.80. The zero-order valence-corrected chi connectivity index (χ0v) is 12.0. The number of unbranched alkanes of at least 4 members (excludes halogenated alkanes) is 1. The molecule has 1 atom stereocenters. The van der Waals surface area contributed by atoms with Crippen LogP contribution in [0.3, 0.4) is 0 Å². The topological polar surface area (TPSA) is 84.1 Å². The Morgan fingerprint density at radius 3 is 3.10 bits per heavy atom. The van der Waals surface area contributed by atoms with Gasteiger partial charge >= 0.3 is 5.97 Å². The predicted octanol–water partition coefficient (Wildman–Crippen LogP) is 1.16. The smallest absolute Gasteiger partial charge is 0.303 e. The van der Waals surface area contributed by atoms with E-state index in [-0.39, 0.29) is 6.42 Å². The molecule has 1 N–H and O–H groups in total. The Hall–Kier alpha value is -1.50. The molecule has 0 radical (unpaired) electrons. The number of nitrogens with zero attached hydrogens (tertiary/aromatic N) is 5. The first-order valence-electron chi connectivity index (χ1n) is 7.38. The Bertz CT molecular complexity index is 434. The first-order valence-corrected chi connectivity index (χ1v) is 7.38. The van der Waals surface area contributed by atoms with Crippen LogP contribution < -0.4 is 0 Å². The van der Waals surface area contributed by atoms with Gasteiger partial charge in [0, 0.05) is 19.5 Å². The molecule has 0 spiro atoms. The number of carboxylic acid groups (broad SMARTS) is 1. The van der Waals surface area contributed by atoms with E-state index in [0.717, 1.165) is 57.7 Å². The summed E-state index contributed by atoms with van der Waals surface area (Å²) in [6, 6.07) is 0. The van der Waals surface area contributed by atoms with Gasteiger partial charge in [-0.1, -0.05) is 13.3 Å². The molecule has 1 aromatic rings. The number of carbonyl (C=O) groups is 1. The minimum atomic E-state index is -0.702. The first kappa shape index (κ1) is 14.9. The molecule has 1 aliphatic heterocycles. The van der Waals surface area contributed by atoms with Crippen molar-refractivity contribution in [1.29, 1.82) is 0 Å². The highest BCUT2D eigenvalue weighted by molar-refractivity contribution is 5.66. The molecule has 2 rings (SSSR count). The SMILES string of the molecule is CCCCn1nnnc1CN1CCC(CCC(=O)O)C1. The fraction of sp³-hybridized carbons (Fsp3) is 0.846. The molecule has 1 aliphatic rings. The summed E-state index contributed by atoms with van der Waals surface area (Å²) in [4.78, 5) is 12.9. The van der Waals surface area contributed by atoms with Gasteiger partial charge in [-0.25, -0.2) is 4.68 Å². The number of hydrogen-bond donors (Lipinski definition) is 1. The number of aromatic nitrogens is 4. The highest BCUT2D eigenvalue weighted by Crippen LogP contribution is 2.22. The minimum absolute atomic E-state index is 0.271. The molecule has 1 aromatic heterocycles. The number of aryl methyl sites for hydroxylation is 1. The highest BCUT2D eigenvalue weighted by atomic mass is 16.4. The lowest BCUT2D eigenvalue weighted by Crippen LogP contribution is -2.23. The fourth-order valence-electron chi connectivity index (χ4n) is 2.64. The molecule has 112 valence electrons. The van der Waals surface area contributed by atoms with Crippen molar-refractivity contribution in [3.8, 4) is 0 Å². The number of carboxylic acids is 1. The quantitative estimate of drug-likeness (QED) is 0.769. The minimum Gasteiger partial charge on any atom is -0.481 e. The predicted molar refractivity (Wildman–Crippen MR) is 73.0 cm³/mol. The fourth-order valence-corrected chi connectivity index (χ4v) is 2.64. The summed E-state index contributed by atoms with van der Waals surface area (Å²) in [7, 11) is 0. The van der Waals surface area contributed by atoms with Gasteiger partial charge in [0.15, 0.2) is 5.82 Å². The van der Waals surface area contributed by atoms with Crippen molar-refractivity contribution >= 4 is 5.97 Å². The van der Waals surface area contributed by atoms with Crippen LogP contribution in [0.1, 0.15) is 44.9 Å². The normalized spacial score (nSPS) is 19.6. The highest BCUT2D eigenvalue weighted by Gasteiger charge is 2.24. The molecule has 7 nitrogen and oxygen atoms in total. The third-order valence-electron chi connectivity index (χ3n) is 3.83. The number of rotatable bonds is 8. The summed E-state index contributed by atoms with van der Waals surface area (Å²) in [6.45, 7) is 5.74. The second-order valence-corrected chi connectivity index (χ2v) is 5.49. The van der Waals surface area contributed by atoms with E-state index in [2.05, 4.69) is 27.3 Å². The largest absolute Gasteiger partial charge is 0.481 e. The second kappa shape index (κ2) is 7.33. The third-order valence-corrected chi connectivity index (χ3v) is 3.83. The maximum Gasteiger partial charge on any atom is 0.303 e. The van der Waals surface area contributed by atoms with Gasteiger partial charge in [0.05, 0.1) is 6.54 Å². The Labute approximate surface area is 119 Å². The van der Waals surface area contributed by atoms with Crippen LogP contribution in [0.4, 0.5) is 0 Å². The van der Waals surface area contributed by atoms with Crippen LogP contribution >= 0.6 is 0 Å². The zero-order valence-electron chi connectivity index (χ0n) is 12.0. The summed E-state index contributed by atoms with van der Waals surface area (Å²) in [6.07, 6.45) is 4.32. The molecule has 1 fully saturated rings. The van der Waals surface area contributed by atoms with Crippen molar-refractivity contribution < 1.29 is 9.90 Å². The van der Waals surface area contributed by atoms with E-state index in [1.54, 1.807) is 0 Å². The van der Waals surface area contributed by atoms with Gasteiger partial charge in [-0.15, -0.1) is 5.10 Å². The van der Waals surface area contributed by atoms with E-state index < -0.39 is 5.97 Å². The van der Waals surface area contributed by atoms with Crippen molar-refractivity contribution in [2.24, 2.45) is 5.92 Å². The van der Waals surface area contributed by atoms with Gasteiger partial charge in [-0.3, -0.25) is 9.69 Å². The lowest BCUT2D eigenvalue weighted by atomic mass is 10.0. The Kier molecular flexibility index (Phi) is 5.46. The van der Waals surface area contributed by atoms with Gasteiger partial charge in [0.1, 0.15) is 0 Å². The molecule has 0 bridgehead atoms. The van der Waals surface area contributed by atoms with E-state index in [4.69, 9.17) is 5.11 Å². The van der Waals surface area contributed by atoms with Crippen LogP contribution in [0.2, 0.25) is 0 Å². The first-order chi connectivity index (χ1) is 9.69. The van der Waals surface area contributed by atoms with Crippen LogP contribution in [-0.4, -0.2) is 49.3 Å². The molecule has 1 unspecified atom stereocenters. The van der Waals surface area contributed by atoms with Crippen LogP contribution in [0.25, 0.3) is 0 Å². The lowest BCUT2D eigenvalue weighted by molar-refractivity contribution is -0.137. The molecule has 0 aliphatic carbocycles.